The van der Waals surface area contributed by atoms with Crippen LogP contribution in [0.1, 0.15) is 10.5 Å². The number of amides is 1. The fourth-order valence-corrected chi connectivity index (χ4v) is 2.68. The lowest BCUT2D eigenvalue weighted by Crippen LogP contribution is -2.42. The summed E-state index contributed by atoms with van der Waals surface area (Å²) < 4.78 is 38.9. The first-order valence-electron chi connectivity index (χ1n) is 5.70. The summed E-state index contributed by atoms with van der Waals surface area (Å²) in [5.41, 5.74) is 2.25. The van der Waals surface area contributed by atoms with Gasteiger partial charge in [0, 0.05) is 18.3 Å². The van der Waals surface area contributed by atoms with Crippen LogP contribution in [-0.4, -0.2) is 18.9 Å². The first-order chi connectivity index (χ1) is 9.81. The van der Waals surface area contributed by atoms with Crippen LogP contribution in [0.3, 0.4) is 0 Å². The van der Waals surface area contributed by atoms with Gasteiger partial charge in [-0.15, -0.1) is 4.83 Å². The number of carbonyl (C=O) groups is 1. The topological polar surface area (TPSA) is 80.2 Å². The van der Waals surface area contributed by atoms with Gasteiger partial charge in [-0.05, 0) is 30.3 Å². The molecule has 2 N–H and O–H groups in total. The number of aromatic nitrogens is 1. The molecular formula is C12H11ClFN3O3S. The number of halogens is 2. The summed E-state index contributed by atoms with van der Waals surface area (Å²) in [4.78, 5) is 13.0. The Hall–Kier alpha value is -1.90. The summed E-state index contributed by atoms with van der Waals surface area (Å²) in [7, 11) is -2.60. The van der Waals surface area contributed by atoms with E-state index in [0.29, 0.717) is 0 Å². The summed E-state index contributed by atoms with van der Waals surface area (Å²) in [5, 5.41) is 0.0688. The van der Waals surface area contributed by atoms with Crippen molar-refractivity contribution in [1.29, 1.82) is 0 Å². The molecule has 0 aliphatic carbocycles. The molecular weight excluding hydrogens is 321 g/mol. The highest BCUT2D eigenvalue weighted by atomic mass is 35.5. The molecule has 6 nitrogen and oxygen atoms in total. The molecule has 0 saturated carbocycles. The summed E-state index contributed by atoms with van der Waals surface area (Å²) in [6.45, 7) is 0. The van der Waals surface area contributed by atoms with Gasteiger partial charge in [-0.2, -0.15) is 0 Å². The summed E-state index contributed by atoms with van der Waals surface area (Å²) in [5.74, 6) is -1.68. The van der Waals surface area contributed by atoms with Gasteiger partial charge in [0.2, 0.25) is 0 Å². The van der Waals surface area contributed by atoms with E-state index in [0.717, 1.165) is 12.1 Å². The SMILES string of the molecule is Cn1cccc1C(=O)NNS(=O)(=O)c1ccc(Cl)cc1F. The lowest BCUT2D eigenvalue weighted by atomic mass is 10.3. The summed E-state index contributed by atoms with van der Waals surface area (Å²) in [6.07, 6.45) is 1.63. The maximum Gasteiger partial charge on any atom is 0.282 e. The van der Waals surface area contributed by atoms with Crippen molar-refractivity contribution < 1.29 is 17.6 Å². The van der Waals surface area contributed by atoms with Crippen LogP contribution in [0.25, 0.3) is 0 Å². The molecule has 1 heterocycles. The van der Waals surface area contributed by atoms with Gasteiger partial charge in [-0.3, -0.25) is 10.2 Å². The Labute approximate surface area is 125 Å². The predicted molar refractivity (Wildman–Crippen MR) is 74.6 cm³/mol. The second-order valence-corrected chi connectivity index (χ2v) is 6.23. The normalized spacial score (nSPS) is 11.4. The highest BCUT2D eigenvalue weighted by Crippen LogP contribution is 2.18. The first-order valence-corrected chi connectivity index (χ1v) is 7.56. The molecule has 0 bridgehead atoms. The van der Waals surface area contributed by atoms with Gasteiger partial charge in [0.05, 0.1) is 0 Å². The number of hydrogen-bond acceptors (Lipinski definition) is 3. The highest BCUT2D eigenvalue weighted by Gasteiger charge is 2.20. The lowest BCUT2D eigenvalue weighted by Gasteiger charge is -2.09. The minimum Gasteiger partial charge on any atom is -0.347 e. The zero-order valence-electron chi connectivity index (χ0n) is 10.8. The Kier molecular flexibility index (Phi) is 4.31. The molecule has 1 aromatic carbocycles. The van der Waals surface area contributed by atoms with Crippen LogP contribution in [0.15, 0.2) is 41.4 Å². The number of sulfonamides is 1. The third-order valence-corrected chi connectivity index (χ3v) is 4.17. The molecule has 0 radical (unpaired) electrons. The second-order valence-electron chi connectivity index (χ2n) is 4.14. The number of nitrogens with one attached hydrogen (secondary N) is 2. The van der Waals surface area contributed by atoms with Crippen LogP contribution >= 0.6 is 11.6 Å². The number of carbonyl (C=O) groups excluding carboxylic acids is 1. The van der Waals surface area contributed by atoms with Crippen molar-refractivity contribution in [3.05, 3.63) is 53.1 Å². The molecule has 21 heavy (non-hydrogen) atoms. The predicted octanol–water partition coefficient (Wildman–Crippen LogP) is 1.44. The Morgan fingerprint density at radius 2 is 2.05 bits per heavy atom. The molecule has 2 rings (SSSR count). The van der Waals surface area contributed by atoms with E-state index >= 15 is 0 Å². The highest BCUT2D eigenvalue weighted by molar-refractivity contribution is 7.89. The first kappa shape index (κ1) is 15.5. The molecule has 112 valence electrons. The van der Waals surface area contributed by atoms with Crippen molar-refractivity contribution in [1.82, 2.24) is 14.8 Å². The Balaban J connectivity index is 2.15. The van der Waals surface area contributed by atoms with Crippen LogP contribution in [0.5, 0.6) is 0 Å². The lowest BCUT2D eigenvalue weighted by molar-refractivity contribution is 0.0937. The Morgan fingerprint density at radius 1 is 1.33 bits per heavy atom. The Morgan fingerprint density at radius 3 is 2.62 bits per heavy atom. The van der Waals surface area contributed by atoms with E-state index in [4.69, 9.17) is 11.6 Å². The second kappa shape index (κ2) is 5.84. The van der Waals surface area contributed by atoms with E-state index in [1.165, 1.54) is 16.7 Å². The average molecular weight is 332 g/mol. The van der Waals surface area contributed by atoms with E-state index < -0.39 is 26.6 Å². The van der Waals surface area contributed by atoms with E-state index in [9.17, 15) is 17.6 Å². The van der Waals surface area contributed by atoms with E-state index in [1.54, 1.807) is 19.3 Å². The van der Waals surface area contributed by atoms with E-state index in [2.05, 4.69) is 0 Å². The third kappa shape index (κ3) is 3.41. The largest absolute Gasteiger partial charge is 0.347 e. The molecule has 0 unspecified atom stereocenters. The summed E-state index contributed by atoms with van der Waals surface area (Å²) >= 11 is 5.55. The minimum absolute atomic E-state index is 0.0688. The minimum atomic E-state index is -4.23. The smallest absolute Gasteiger partial charge is 0.282 e. The zero-order valence-corrected chi connectivity index (χ0v) is 12.4. The number of hydrazine groups is 1. The van der Waals surface area contributed by atoms with Gasteiger partial charge < -0.3 is 4.57 Å². The maximum absolute atomic E-state index is 13.6. The van der Waals surface area contributed by atoms with E-state index in [-0.39, 0.29) is 10.7 Å². The van der Waals surface area contributed by atoms with Crippen LogP contribution in [0, 0.1) is 5.82 Å². The summed E-state index contributed by atoms with van der Waals surface area (Å²) in [6, 6.07) is 6.25. The van der Waals surface area contributed by atoms with Crippen molar-refractivity contribution in [3.63, 3.8) is 0 Å². The van der Waals surface area contributed by atoms with Crippen LogP contribution in [-0.2, 0) is 17.1 Å². The van der Waals surface area contributed by atoms with Crippen molar-refractivity contribution in [2.24, 2.45) is 7.05 Å². The standard InChI is InChI=1S/C12H11ClFN3O3S/c1-17-6-2-3-10(17)12(18)15-16-21(19,20)11-5-4-8(13)7-9(11)14/h2-7,16H,1H3,(H,15,18). The molecule has 0 spiro atoms. The van der Waals surface area contributed by atoms with Gasteiger partial charge >= 0.3 is 0 Å². The number of nitrogens with zero attached hydrogens (tertiary/aromatic N) is 1. The third-order valence-electron chi connectivity index (χ3n) is 2.66. The number of hydrogen-bond donors (Lipinski definition) is 2. The van der Waals surface area contributed by atoms with Crippen LogP contribution in [0.4, 0.5) is 4.39 Å². The molecule has 2 aromatic rings. The number of aryl methyl sites for hydroxylation is 1. The van der Waals surface area contributed by atoms with Crippen molar-refractivity contribution in [2.75, 3.05) is 0 Å². The molecule has 0 aliphatic heterocycles. The van der Waals surface area contributed by atoms with Crippen molar-refractivity contribution in [2.45, 2.75) is 4.90 Å². The molecule has 0 aliphatic rings. The number of benzene rings is 1. The molecule has 1 aromatic heterocycles. The van der Waals surface area contributed by atoms with Crippen LogP contribution in [0.2, 0.25) is 5.02 Å². The zero-order chi connectivity index (χ0) is 15.6. The van der Waals surface area contributed by atoms with Gasteiger partial charge in [0.1, 0.15) is 16.4 Å². The van der Waals surface area contributed by atoms with Gasteiger partial charge in [0.25, 0.3) is 15.9 Å². The van der Waals surface area contributed by atoms with Gasteiger partial charge in [0.15, 0.2) is 0 Å². The van der Waals surface area contributed by atoms with Gasteiger partial charge in [-0.1, -0.05) is 11.6 Å². The van der Waals surface area contributed by atoms with Crippen molar-refractivity contribution >= 4 is 27.5 Å². The fraction of sp³-hybridized carbons (Fsp3) is 0.0833. The van der Waals surface area contributed by atoms with Gasteiger partial charge in [-0.25, -0.2) is 12.8 Å². The monoisotopic (exact) mass is 331 g/mol. The molecule has 0 fully saturated rings. The van der Waals surface area contributed by atoms with E-state index in [1.807, 2.05) is 10.3 Å². The molecule has 0 atom stereocenters. The average Bonchev–Trinajstić information content (AvgIpc) is 2.82. The molecule has 0 saturated heterocycles. The maximum atomic E-state index is 13.6. The molecule has 9 heteroatoms. The quantitative estimate of drug-likeness (QED) is 0.832. The molecule has 1 amide bonds. The number of rotatable bonds is 4. The fourth-order valence-electron chi connectivity index (χ4n) is 1.62. The Bertz CT molecular complexity index is 789. The van der Waals surface area contributed by atoms with Crippen LogP contribution < -0.4 is 10.3 Å². The van der Waals surface area contributed by atoms with Crippen molar-refractivity contribution in [3.8, 4) is 0 Å².